The second kappa shape index (κ2) is 9.87. The van der Waals surface area contributed by atoms with E-state index in [9.17, 15) is 25.2 Å². The average Bonchev–Trinajstić information content (AvgIpc) is 3.15. The summed E-state index contributed by atoms with van der Waals surface area (Å²) in [6.07, 6.45) is -5.30. The second-order valence-corrected chi connectivity index (χ2v) is 6.00. The van der Waals surface area contributed by atoms with Crippen LogP contribution < -0.4 is 34.7 Å². The van der Waals surface area contributed by atoms with E-state index in [4.69, 9.17) is 14.6 Å². The molecule has 2 heterocycles. The smallest absolute Gasteiger partial charge is 0.545 e. The second-order valence-electron chi connectivity index (χ2n) is 6.00. The van der Waals surface area contributed by atoms with Crippen LogP contribution in [0.4, 0.5) is 0 Å². The van der Waals surface area contributed by atoms with Gasteiger partial charge in [-0.05, 0) is 17.7 Å². The van der Waals surface area contributed by atoms with Gasteiger partial charge in [0.2, 0.25) is 0 Å². The fraction of sp³-hybridized carbons (Fsp3) is 0.438. The summed E-state index contributed by atoms with van der Waals surface area (Å²) in [5.41, 5.74) is 0.965. The van der Waals surface area contributed by atoms with Crippen LogP contribution in [0.15, 0.2) is 30.5 Å². The van der Waals surface area contributed by atoms with E-state index in [1.165, 1.54) is 35.1 Å². The monoisotopic (exact) mass is 403 g/mol. The molecule has 1 fully saturated rings. The quantitative estimate of drug-likeness (QED) is 0.340. The summed E-state index contributed by atoms with van der Waals surface area (Å²) in [6.45, 7) is -0.678. The molecule has 2 aromatic rings. The van der Waals surface area contributed by atoms with Crippen molar-refractivity contribution in [1.82, 2.24) is 15.0 Å². The Morgan fingerprint density at radius 2 is 1.86 bits per heavy atom. The number of aliphatic hydroxyl groups is 4. The van der Waals surface area contributed by atoms with Gasteiger partial charge in [-0.25, -0.2) is 4.68 Å². The van der Waals surface area contributed by atoms with E-state index in [-0.39, 0.29) is 41.7 Å². The number of carbonyl (C=O) groups is 1. The Labute approximate surface area is 181 Å². The van der Waals surface area contributed by atoms with E-state index in [0.717, 1.165) is 0 Å². The fourth-order valence-electron chi connectivity index (χ4n) is 2.61. The summed E-state index contributed by atoms with van der Waals surface area (Å²) in [7, 11) is 0. The van der Waals surface area contributed by atoms with Crippen LogP contribution in [0.25, 0.3) is 5.69 Å². The SMILES string of the molecule is O=C([O-])c1ccc(-n2cc(CO[C@H]3O[C@H](CO)[C@@H](O)[C@H](O)[C@@H]3O)nn2)cc1.[Na+]. The first kappa shape index (κ1) is 22.9. The molecule has 1 aromatic heterocycles. The van der Waals surface area contributed by atoms with Crippen LogP contribution in [0.2, 0.25) is 0 Å². The van der Waals surface area contributed by atoms with Crippen LogP contribution in [0.5, 0.6) is 0 Å². The van der Waals surface area contributed by atoms with Gasteiger partial charge in [-0.1, -0.05) is 17.3 Å². The fourth-order valence-corrected chi connectivity index (χ4v) is 2.61. The Kier molecular flexibility index (Phi) is 8.07. The van der Waals surface area contributed by atoms with E-state index in [1.807, 2.05) is 0 Å². The van der Waals surface area contributed by atoms with Crippen LogP contribution in [0.1, 0.15) is 16.1 Å². The van der Waals surface area contributed by atoms with Gasteiger partial charge in [0, 0.05) is 0 Å². The molecule has 0 amide bonds. The summed E-state index contributed by atoms with van der Waals surface area (Å²) in [5, 5.41) is 57.1. The minimum Gasteiger partial charge on any atom is -0.545 e. The molecule has 0 unspecified atom stereocenters. The minimum atomic E-state index is -1.53. The Morgan fingerprint density at radius 1 is 1.18 bits per heavy atom. The predicted molar refractivity (Wildman–Crippen MR) is 84.2 cm³/mol. The topological polar surface area (TPSA) is 170 Å². The van der Waals surface area contributed by atoms with Crippen molar-refractivity contribution < 1.29 is 69.4 Å². The van der Waals surface area contributed by atoms with Crippen LogP contribution >= 0.6 is 0 Å². The molecule has 0 saturated carbocycles. The van der Waals surface area contributed by atoms with Crippen LogP contribution in [-0.2, 0) is 16.1 Å². The Bertz CT molecular complexity index is 784. The van der Waals surface area contributed by atoms with Crippen molar-refractivity contribution in [1.29, 1.82) is 0 Å². The summed E-state index contributed by atoms with van der Waals surface area (Å²) in [6, 6.07) is 5.80. The molecule has 0 radical (unpaired) electrons. The number of rotatable bonds is 6. The van der Waals surface area contributed by atoms with Crippen molar-refractivity contribution in [3.63, 3.8) is 0 Å². The van der Waals surface area contributed by atoms with Crippen LogP contribution in [0.3, 0.4) is 0 Å². The van der Waals surface area contributed by atoms with E-state index in [2.05, 4.69) is 10.3 Å². The number of carboxylic acids is 1. The van der Waals surface area contributed by atoms with Gasteiger partial charge in [0.1, 0.15) is 30.1 Å². The molecule has 0 spiro atoms. The van der Waals surface area contributed by atoms with Gasteiger partial charge in [-0.3, -0.25) is 0 Å². The molecule has 5 atom stereocenters. The van der Waals surface area contributed by atoms with E-state index < -0.39 is 43.3 Å². The zero-order valence-corrected chi connectivity index (χ0v) is 17.0. The van der Waals surface area contributed by atoms with Crippen molar-refractivity contribution in [2.75, 3.05) is 6.61 Å². The van der Waals surface area contributed by atoms with Crippen LogP contribution in [-0.4, -0.2) is 78.7 Å². The summed E-state index contributed by atoms with van der Waals surface area (Å²) in [5.74, 6) is -1.28. The van der Waals surface area contributed by atoms with Crippen molar-refractivity contribution in [3.05, 3.63) is 41.7 Å². The number of hydrogen-bond acceptors (Lipinski definition) is 10. The first-order valence-corrected chi connectivity index (χ1v) is 8.06. The van der Waals surface area contributed by atoms with Crippen molar-refractivity contribution in [3.8, 4) is 5.69 Å². The zero-order chi connectivity index (χ0) is 19.6. The van der Waals surface area contributed by atoms with E-state index in [1.54, 1.807) is 0 Å². The molecule has 0 bridgehead atoms. The standard InChI is InChI=1S/C16H19N3O8.Na/c20-6-11-12(21)13(22)14(23)16(27-11)26-7-9-5-19(18-17-9)10-3-1-8(2-4-10)15(24)25;/h1-5,11-14,16,20-23H,6-7H2,(H,24,25);/q;+1/p-1/t11-,12-,13+,14+,16+;/m1./s1. The third-order valence-electron chi connectivity index (χ3n) is 4.15. The maximum atomic E-state index is 10.8. The summed E-state index contributed by atoms with van der Waals surface area (Å²) < 4.78 is 12.0. The molecule has 3 rings (SSSR count). The maximum Gasteiger partial charge on any atom is 1.00 e. The van der Waals surface area contributed by atoms with E-state index in [0.29, 0.717) is 11.4 Å². The van der Waals surface area contributed by atoms with Crippen LogP contribution in [0, 0.1) is 0 Å². The predicted octanol–water partition coefficient (Wildman–Crippen LogP) is -6.05. The largest absolute Gasteiger partial charge is 1.00 e. The van der Waals surface area contributed by atoms with Crippen molar-refractivity contribution in [2.45, 2.75) is 37.3 Å². The number of aliphatic hydroxyl groups excluding tert-OH is 4. The number of benzene rings is 1. The third kappa shape index (κ3) is 4.95. The molecular weight excluding hydrogens is 385 g/mol. The van der Waals surface area contributed by atoms with Gasteiger partial charge in [0.05, 0.1) is 31.1 Å². The van der Waals surface area contributed by atoms with Gasteiger partial charge in [-0.15, -0.1) is 5.10 Å². The number of aromatic carboxylic acids is 1. The molecule has 4 N–H and O–H groups in total. The number of aromatic nitrogens is 3. The number of carbonyl (C=O) groups excluding carboxylic acids is 1. The maximum absolute atomic E-state index is 10.8. The molecule has 1 aliphatic rings. The Hall–Kier alpha value is -1.41. The van der Waals surface area contributed by atoms with Gasteiger partial charge >= 0.3 is 29.6 Å². The summed E-state index contributed by atoms with van der Waals surface area (Å²) >= 11 is 0. The molecule has 1 aromatic carbocycles. The number of carboxylic acid groups (broad SMARTS) is 1. The average molecular weight is 403 g/mol. The molecule has 146 valence electrons. The normalized spacial score (nSPS) is 27.2. The first-order chi connectivity index (χ1) is 12.9. The molecule has 1 saturated heterocycles. The molecule has 28 heavy (non-hydrogen) atoms. The van der Waals surface area contributed by atoms with Crippen molar-refractivity contribution >= 4 is 5.97 Å². The zero-order valence-electron chi connectivity index (χ0n) is 15.0. The van der Waals surface area contributed by atoms with Gasteiger partial charge in [0.25, 0.3) is 0 Å². The van der Waals surface area contributed by atoms with Gasteiger partial charge in [0.15, 0.2) is 6.29 Å². The minimum absolute atomic E-state index is 0. The molecular formula is C16H18N3NaO8. The van der Waals surface area contributed by atoms with E-state index >= 15 is 0 Å². The third-order valence-corrected chi connectivity index (χ3v) is 4.15. The molecule has 11 nitrogen and oxygen atoms in total. The molecule has 1 aliphatic heterocycles. The first-order valence-electron chi connectivity index (χ1n) is 8.06. The van der Waals surface area contributed by atoms with Crippen molar-refractivity contribution in [2.24, 2.45) is 0 Å². The molecule has 12 heteroatoms. The van der Waals surface area contributed by atoms with Gasteiger partial charge < -0.3 is 39.8 Å². The summed E-state index contributed by atoms with van der Waals surface area (Å²) in [4.78, 5) is 10.8. The molecule has 0 aliphatic carbocycles. The number of hydrogen-bond donors (Lipinski definition) is 4. The Balaban J connectivity index is 0.00000280. The van der Waals surface area contributed by atoms with Gasteiger partial charge in [-0.2, -0.15) is 0 Å². The number of ether oxygens (including phenoxy) is 2. The Morgan fingerprint density at radius 3 is 2.46 bits per heavy atom. The number of nitrogens with zero attached hydrogens (tertiary/aromatic N) is 3.